The third-order valence-corrected chi connectivity index (χ3v) is 5.63. The van der Waals surface area contributed by atoms with E-state index in [1.165, 1.54) is 0 Å². The topological polar surface area (TPSA) is 29.5 Å². The summed E-state index contributed by atoms with van der Waals surface area (Å²) in [5.41, 5.74) is 4.84. The van der Waals surface area contributed by atoms with E-state index in [9.17, 15) is 4.79 Å². The van der Waals surface area contributed by atoms with Gasteiger partial charge in [0.2, 0.25) is 0 Å². The largest absolute Gasteiger partial charge is 0.497 e. The Labute approximate surface area is 185 Å². The van der Waals surface area contributed by atoms with E-state index in [0.717, 1.165) is 33.8 Å². The third-order valence-electron chi connectivity index (χ3n) is 4.97. The van der Waals surface area contributed by atoms with Gasteiger partial charge in [0, 0.05) is 15.6 Å². The summed E-state index contributed by atoms with van der Waals surface area (Å²) in [6.45, 7) is 1.93. The van der Waals surface area contributed by atoms with Crippen LogP contribution in [0.4, 0.5) is 5.69 Å². The zero-order chi connectivity index (χ0) is 21.3. The molecule has 0 saturated heterocycles. The van der Waals surface area contributed by atoms with Crippen molar-refractivity contribution in [2.24, 2.45) is 0 Å². The summed E-state index contributed by atoms with van der Waals surface area (Å²) in [5.74, 6) is 0.652. The van der Waals surface area contributed by atoms with Crippen LogP contribution in [-0.4, -0.2) is 13.0 Å². The molecule has 0 bridgehead atoms. The molecule has 150 valence electrons. The lowest BCUT2D eigenvalue weighted by atomic mass is 10.1. The quantitative estimate of drug-likeness (QED) is 0.422. The normalized spacial score (nSPS) is 14.9. The van der Waals surface area contributed by atoms with Gasteiger partial charge in [0.05, 0.1) is 18.5 Å². The Bertz CT molecular complexity index is 1160. The summed E-state index contributed by atoms with van der Waals surface area (Å²) >= 11 is 12.4. The number of aryl methyl sites for hydroxylation is 1. The second-order valence-electron chi connectivity index (χ2n) is 6.98. The highest BCUT2D eigenvalue weighted by atomic mass is 35.5. The molecule has 1 heterocycles. The monoisotopic (exact) mass is 435 g/mol. The van der Waals surface area contributed by atoms with Gasteiger partial charge >= 0.3 is 0 Å². The van der Waals surface area contributed by atoms with Gasteiger partial charge in [-0.2, -0.15) is 0 Å². The zero-order valence-electron chi connectivity index (χ0n) is 16.5. The van der Waals surface area contributed by atoms with E-state index in [0.29, 0.717) is 15.6 Å². The predicted octanol–water partition coefficient (Wildman–Crippen LogP) is 6.78. The van der Waals surface area contributed by atoms with E-state index in [1.54, 1.807) is 12.0 Å². The Morgan fingerprint density at radius 3 is 2.27 bits per heavy atom. The van der Waals surface area contributed by atoms with Crippen LogP contribution in [0.25, 0.3) is 11.8 Å². The minimum Gasteiger partial charge on any atom is -0.497 e. The summed E-state index contributed by atoms with van der Waals surface area (Å²) in [6, 6.07) is 20.6. The van der Waals surface area contributed by atoms with Crippen LogP contribution in [-0.2, 0) is 4.79 Å². The van der Waals surface area contributed by atoms with Gasteiger partial charge in [0.1, 0.15) is 5.75 Å². The summed E-state index contributed by atoms with van der Waals surface area (Å²) in [6.07, 6.45) is 3.76. The van der Waals surface area contributed by atoms with Crippen LogP contribution in [0, 0.1) is 6.92 Å². The lowest BCUT2D eigenvalue weighted by molar-refractivity contribution is -0.113. The number of carbonyl (C=O) groups is 1. The van der Waals surface area contributed by atoms with E-state index >= 15 is 0 Å². The van der Waals surface area contributed by atoms with Crippen molar-refractivity contribution in [1.29, 1.82) is 0 Å². The molecule has 3 nitrogen and oxygen atoms in total. The first-order valence-electron chi connectivity index (χ1n) is 9.40. The van der Waals surface area contributed by atoms with Crippen LogP contribution < -0.4 is 9.64 Å². The second kappa shape index (κ2) is 8.39. The van der Waals surface area contributed by atoms with Crippen LogP contribution >= 0.6 is 23.2 Å². The van der Waals surface area contributed by atoms with Crippen molar-refractivity contribution >= 4 is 46.6 Å². The predicted molar refractivity (Wildman–Crippen MR) is 124 cm³/mol. The highest BCUT2D eigenvalue weighted by Crippen LogP contribution is 2.37. The van der Waals surface area contributed by atoms with Gasteiger partial charge in [0.15, 0.2) is 0 Å². The van der Waals surface area contributed by atoms with Crippen molar-refractivity contribution in [3.63, 3.8) is 0 Å². The SMILES string of the molecule is COc1ccc(/C=C2/C=C(c3ccc(Cl)cc3)N(c3ccc(C)c(Cl)c3)C2=O)cc1. The van der Waals surface area contributed by atoms with Gasteiger partial charge in [-0.1, -0.05) is 53.5 Å². The first-order chi connectivity index (χ1) is 14.5. The van der Waals surface area contributed by atoms with Crippen LogP contribution in [0.5, 0.6) is 5.75 Å². The van der Waals surface area contributed by atoms with Gasteiger partial charge in [-0.25, -0.2) is 0 Å². The van der Waals surface area contributed by atoms with Crippen LogP contribution in [0.15, 0.2) is 78.4 Å². The zero-order valence-corrected chi connectivity index (χ0v) is 18.0. The number of methoxy groups -OCH3 is 1. The number of ether oxygens (including phenoxy) is 1. The molecule has 5 heteroatoms. The number of amides is 1. The minimum absolute atomic E-state index is 0.115. The maximum atomic E-state index is 13.4. The Balaban J connectivity index is 1.80. The maximum Gasteiger partial charge on any atom is 0.262 e. The van der Waals surface area contributed by atoms with Crippen molar-refractivity contribution in [2.45, 2.75) is 6.92 Å². The molecule has 0 spiro atoms. The summed E-state index contributed by atoms with van der Waals surface area (Å²) < 4.78 is 5.21. The first-order valence-corrected chi connectivity index (χ1v) is 10.2. The summed E-state index contributed by atoms with van der Waals surface area (Å²) in [5, 5.41) is 1.26. The fourth-order valence-corrected chi connectivity index (χ4v) is 3.61. The Morgan fingerprint density at radius 1 is 0.933 bits per heavy atom. The smallest absolute Gasteiger partial charge is 0.262 e. The van der Waals surface area contributed by atoms with E-state index < -0.39 is 0 Å². The second-order valence-corrected chi connectivity index (χ2v) is 7.83. The Hall–Kier alpha value is -3.01. The van der Waals surface area contributed by atoms with Crippen LogP contribution in [0.2, 0.25) is 10.0 Å². The molecule has 3 aromatic rings. The van der Waals surface area contributed by atoms with E-state index in [-0.39, 0.29) is 5.91 Å². The number of carbonyl (C=O) groups excluding carboxylic acids is 1. The van der Waals surface area contributed by atoms with Gasteiger partial charge in [-0.15, -0.1) is 0 Å². The molecule has 0 fully saturated rings. The minimum atomic E-state index is -0.115. The van der Waals surface area contributed by atoms with Crippen molar-refractivity contribution in [2.75, 3.05) is 12.0 Å². The molecule has 4 rings (SSSR count). The third kappa shape index (κ3) is 4.00. The molecule has 0 aliphatic carbocycles. The van der Waals surface area contributed by atoms with Crippen molar-refractivity contribution < 1.29 is 9.53 Å². The van der Waals surface area contributed by atoms with Gasteiger partial charge in [0.25, 0.3) is 5.91 Å². The molecule has 0 N–H and O–H groups in total. The van der Waals surface area contributed by atoms with Gasteiger partial charge in [-0.3, -0.25) is 9.69 Å². The maximum absolute atomic E-state index is 13.4. The van der Waals surface area contributed by atoms with E-state index in [2.05, 4.69) is 0 Å². The van der Waals surface area contributed by atoms with Crippen molar-refractivity contribution in [1.82, 2.24) is 0 Å². The summed E-state index contributed by atoms with van der Waals surface area (Å²) in [4.78, 5) is 15.1. The molecule has 0 radical (unpaired) electrons. The van der Waals surface area contributed by atoms with Crippen molar-refractivity contribution in [3.05, 3.63) is 105 Å². The summed E-state index contributed by atoms with van der Waals surface area (Å²) in [7, 11) is 1.62. The molecule has 0 unspecified atom stereocenters. The first kappa shape index (κ1) is 20.3. The number of anilines is 1. The number of hydrogen-bond donors (Lipinski definition) is 0. The molecular weight excluding hydrogens is 417 g/mol. The molecule has 1 aliphatic heterocycles. The number of halogens is 2. The fourth-order valence-electron chi connectivity index (χ4n) is 3.31. The molecule has 1 amide bonds. The Kier molecular flexibility index (Phi) is 5.67. The number of hydrogen-bond acceptors (Lipinski definition) is 2. The fraction of sp³-hybridized carbons (Fsp3) is 0.0800. The lowest BCUT2D eigenvalue weighted by Crippen LogP contribution is -2.25. The lowest BCUT2D eigenvalue weighted by Gasteiger charge is -2.21. The van der Waals surface area contributed by atoms with Crippen LogP contribution in [0.1, 0.15) is 16.7 Å². The average molecular weight is 436 g/mol. The number of rotatable bonds is 4. The highest BCUT2D eigenvalue weighted by molar-refractivity contribution is 6.32. The molecule has 30 heavy (non-hydrogen) atoms. The molecule has 1 aliphatic rings. The molecule has 0 atom stereocenters. The Morgan fingerprint density at radius 2 is 1.63 bits per heavy atom. The molecule has 0 aromatic heterocycles. The van der Waals surface area contributed by atoms with Crippen molar-refractivity contribution in [3.8, 4) is 5.75 Å². The number of benzene rings is 3. The highest BCUT2D eigenvalue weighted by Gasteiger charge is 2.30. The van der Waals surface area contributed by atoms with E-state index in [4.69, 9.17) is 27.9 Å². The van der Waals surface area contributed by atoms with E-state index in [1.807, 2.05) is 85.8 Å². The molecule has 3 aromatic carbocycles. The molecular formula is C25H19Cl2NO2. The average Bonchev–Trinajstić information content (AvgIpc) is 3.07. The number of nitrogens with zero attached hydrogens (tertiary/aromatic N) is 1. The van der Waals surface area contributed by atoms with Gasteiger partial charge in [-0.05, 0) is 72.2 Å². The standard InChI is InChI=1S/C25H19Cl2NO2/c1-16-3-10-21(15-23(16)27)28-24(18-6-8-20(26)9-7-18)14-19(25(28)29)13-17-4-11-22(30-2)12-5-17/h3-15H,1-2H3/b19-13-. The van der Waals surface area contributed by atoms with Crippen LogP contribution in [0.3, 0.4) is 0 Å². The van der Waals surface area contributed by atoms with Gasteiger partial charge < -0.3 is 4.74 Å². The molecule has 0 saturated carbocycles.